The second kappa shape index (κ2) is 2.81. The molecule has 0 amide bonds. The highest BCUT2D eigenvalue weighted by molar-refractivity contribution is 7.54. The Kier molecular flexibility index (Phi) is 2.67. The van der Waals surface area contributed by atoms with E-state index in [2.05, 4.69) is 4.36 Å². The van der Waals surface area contributed by atoms with Crippen LogP contribution in [0.3, 0.4) is 0 Å². The molecule has 0 aliphatic carbocycles. The number of hydrogen-bond donors (Lipinski definition) is 0. The molecular weight excluding hydrogens is 143 g/mol. The minimum atomic E-state index is -4.34. The summed E-state index contributed by atoms with van der Waals surface area (Å²) >= 11 is -0.417. The zero-order valence-electron chi connectivity index (χ0n) is 3.60. The Morgan fingerprint density at radius 1 is 1.50 bits per heavy atom. The van der Waals surface area contributed by atoms with Crippen molar-refractivity contribution < 1.29 is 17.4 Å². The van der Waals surface area contributed by atoms with Gasteiger partial charge in [0, 0.05) is 0 Å². The Morgan fingerprint density at radius 2 is 2.00 bits per heavy atom. The third-order valence-electron chi connectivity index (χ3n) is 0.297. The van der Waals surface area contributed by atoms with E-state index in [9.17, 15) is 17.4 Å². The maximum atomic E-state index is 11.0. The van der Waals surface area contributed by atoms with Crippen LogP contribution in [-0.4, -0.2) is 16.9 Å². The lowest BCUT2D eigenvalue weighted by molar-refractivity contribution is -0.117. The highest BCUT2D eigenvalue weighted by Crippen LogP contribution is 2.13. The van der Waals surface area contributed by atoms with Gasteiger partial charge in [0.1, 0.15) is 6.54 Å². The van der Waals surface area contributed by atoms with Crippen LogP contribution < -0.4 is 0 Å². The quantitative estimate of drug-likeness (QED) is 0.540. The molecule has 48 valence electrons. The van der Waals surface area contributed by atoms with Crippen molar-refractivity contribution in [2.24, 2.45) is 4.36 Å². The predicted molar refractivity (Wildman–Crippen MR) is 21.5 cm³/mol. The summed E-state index contributed by atoms with van der Waals surface area (Å²) in [6.07, 6.45) is -4.34. The molecule has 2 nitrogen and oxygen atoms in total. The van der Waals surface area contributed by atoms with E-state index in [1.165, 1.54) is 0 Å². The summed E-state index contributed by atoms with van der Waals surface area (Å²) in [6, 6.07) is 0. The Labute approximate surface area is 46.9 Å². The molecule has 0 saturated heterocycles. The van der Waals surface area contributed by atoms with Crippen LogP contribution in [0, 0.1) is 0 Å². The van der Waals surface area contributed by atoms with Gasteiger partial charge >= 0.3 is 6.18 Å². The first-order valence-electron chi connectivity index (χ1n) is 1.59. The molecule has 0 aliphatic heterocycles. The number of alkyl halides is 3. The Bertz CT molecular complexity index is 115. The number of hydrogen-bond acceptors (Lipinski definition) is 2. The maximum Gasteiger partial charge on any atom is 0.409 e. The lowest BCUT2D eigenvalue weighted by Gasteiger charge is -1.96. The zero-order valence-corrected chi connectivity index (χ0v) is 4.42. The van der Waals surface area contributed by atoms with Gasteiger partial charge in [0.05, 0.1) is 0 Å². The van der Waals surface area contributed by atoms with Crippen molar-refractivity contribution in [2.75, 3.05) is 6.54 Å². The van der Waals surface area contributed by atoms with Gasteiger partial charge in [-0.3, -0.25) is 0 Å². The number of nitrogens with zero attached hydrogens (tertiary/aromatic N) is 1. The van der Waals surface area contributed by atoms with Crippen LogP contribution in [0.4, 0.5) is 13.2 Å². The fourth-order valence-corrected chi connectivity index (χ4v) is 0.299. The highest BCUT2D eigenvalue weighted by Gasteiger charge is 2.26. The van der Waals surface area contributed by atoms with Crippen LogP contribution in [0.15, 0.2) is 4.36 Å². The molecule has 0 aromatic heterocycles. The molecule has 0 bridgehead atoms. The molecular formula is C2H2F3NOS. The number of rotatable bonds is 1. The molecule has 0 heterocycles. The molecule has 0 aliphatic rings. The standard InChI is InChI=1S/C2H2F3NOS/c3-2(4,5)1-6-8-7/h1H2. The van der Waals surface area contributed by atoms with Crippen LogP contribution >= 0.6 is 0 Å². The van der Waals surface area contributed by atoms with E-state index < -0.39 is 24.2 Å². The van der Waals surface area contributed by atoms with Crippen molar-refractivity contribution in [3.8, 4) is 0 Å². The minimum absolute atomic E-state index is 0.417. The van der Waals surface area contributed by atoms with Gasteiger partial charge in [0.2, 0.25) is 0 Å². The van der Waals surface area contributed by atoms with Crippen molar-refractivity contribution in [2.45, 2.75) is 6.18 Å². The summed E-state index contributed by atoms with van der Waals surface area (Å²) in [4.78, 5) is 0. The molecule has 0 atom stereocenters. The molecule has 0 rings (SSSR count). The van der Waals surface area contributed by atoms with E-state index in [4.69, 9.17) is 0 Å². The number of halogens is 3. The van der Waals surface area contributed by atoms with Crippen molar-refractivity contribution in [3.63, 3.8) is 0 Å². The van der Waals surface area contributed by atoms with Crippen molar-refractivity contribution in [1.29, 1.82) is 0 Å². The summed E-state index contributed by atoms with van der Waals surface area (Å²) < 4.78 is 44.7. The lowest BCUT2D eigenvalue weighted by Crippen LogP contribution is -2.10. The minimum Gasteiger partial charge on any atom is -0.191 e. The molecule has 0 fully saturated rings. The van der Waals surface area contributed by atoms with Gasteiger partial charge in [-0.05, 0) is 0 Å². The monoisotopic (exact) mass is 145 g/mol. The molecule has 0 unspecified atom stereocenters. The average Bonchev–Trinajstić information content (AvgIpc) is 1.59. The van der Waals surface area contributed by atoms with Crippen LogP contribution in [0.5, 0.6) is 0 Å². The van der Waals surface area contributed by atoms with Gasteiger partial charge in [-0.2, -0.15) is 21.7 Å². The maximum absolute atomic E-state index is 11.0. The first-order chi connectivity index (χ1) is 3.56. The first-order valence-corrected chi connectivity index (χ1v) is 2.28. The van der Waals surface area contributed by atoms with Crippen LogP contribution in [0.1, 0.15) is 0 Å². The summed E-state index contributed by atoms with van der Waals surface area (Å²) in [5, 5.41) is 0. The SMILES string of the molecule is O=S=NCC(F)(F)F. The van der Waals surface area contributed by atoms with Gasteiger partial charge in [-0.1, -0.05) is 0 Å². The summed E-state index contributed by atoms with van der Waals surface area (Å²) in [6.45, 7) is -1.36. The van der Waals surface area contributed by atoms with Gasteiger partial charge < -0.3 is 0 Å². The third kappa shape index (κ3) is 5.61. The molecule has 0 saturated carbocycles. The van der Waals surface area contributed by atoms with E-state index in [0.29, 0.717) is 0 Å². The van der Waals surface area contributed by atoms with Gasteiger partial charge in [-0.25, -0.2) is 0 Å². The fourth-order valence-electron chi connectivity index (χ4n) is 0.0995. The molecule has 0 N–H and O–H groups in total. The largest absolute Gasteiger partial charge is 0.409 e. The Balaban J connectivity index is 3.55. The van der Waals surface area contributed by atoms with Gasteiger partial charge in [-0.15, -0.1) is 0 Å². The van der Waals surface area contributed by atoms with E-state index in [1.807, 2.05) is 0 Å². The topological polar surface area (TPSA) is 29.4 Å². The second-order valence-electron chi connectivity index (χ2n) is 0.977. The van der Waals surface area contributed by atoms with Crippen molar-refractivity contribution in [1.82, 2.24) is 0 Å². The van der Waals surface area contributed by atoms with Crippen molar-refractivity contribution in [3.05, 3.63) is 0 Å². The third-order valence-corrected chi connectivity index (χ3v) is 0.531. The molecule has 0 radical (unpaired) electrons. The normalized spacial score (nSPS) is 10.9. The lowest BCUT2D eigenvalue weighted by atomic mass is 10.7. The average molecular weight is 145 g/mol. The Morgan fingerprint density at radius 3 is 2.12 bits per heavy atom. The molecule has 0 aromatic rings. The van der Waals surface area contributed by atoms with E-state index in [1.54, 1.807) is 0 Å². The second-order valence-corrected chi connectivity index (χ2v) is 1.38. The zero-order chi connectivity index (χ0) is 6.62. The Hall–Kier alpha value is -0.390. The predicted octanol–water partition coefficient (Wildman–Crippen LogP) is 0.945. The van der Waals surface area contributed by atoms with Gasteiger partial charge in [0.25, 0.3) is 0 Å². The smallest absolute Gasteiger partial charge is 0.191 e. The van der Waals surface area contributed by atoms with E-state index >= 15 is 0 Å². The molecule has 8 heavy (non-hydrogen) atoms. The van der Waals surface area contributed by atoms with Crippen molar-refractivity contribution >= 4 is 11.5 Å². The molecule has 0 spiro atoms. The highest BCUT2D eigenvalue weighted by atomic mass is 32.1. The molecule has 6 heteroatoms. The summed E-state index contributed by atoms with van der Waals surface area (Å²) in [5.41, 5.74) is 0. The summed E-state index contributed by atoms with van der Waals surface area (Å²) in [7, 11) is 0. The fraction of sp³-hybridized carbons (Fsp3) is 1.00. The van der Waals surface area contributed by atoms with Crippen LogP contribution in [-0.2, 0) is 11.5 Å². The van der Waals surface area contributed by atoms with E-state index in [0.717, 1.165) is 0 Å². The summed E-state index contributed by atoms with van der Waals surface area (Å²) in [5.74, 6) is 0. The molecule has 0 aromatic carbocycles. The first kappa shape index (κ1) is 7.61. The van der Waals surface area contributed by atoms with Crippen LogP contribution in [0.25, 0.3) is 0 Å². The van der Waals surface area contributed by atoms with Gasteiger partial charge in [0.15, 0.2) is 11.5 Å². The van der Waals surface area contributed by atoms with E-state index in [-0.39, 0.29) is 0 Å². The van der Waals surface area contributed by atoms with Crippen LogP contribution in [0.2, 0.25) is 0 Å².